The van der Waals surface area contributed by atoms with Crippen LogP contribution in [0.15, 0.2) is 49.1 Å². The molecule has 33 heavy (non-hydrogen) atoms. The molecule has 1 heterocycles. The first-order chi connectivity index (χ1) is 15.7. The van der Waals surface area contributed by atoms with Gasteiger partial charge in [0, 0.05) is 44.8 Å². The Balaban J connectivity index is 1.83. The Morgan fingerprint density at radius 2 is 1.97 bits per heavy atom. The summed E-state index contributed by atoms with van der Waals surface area (Å²) in [5, 5.41) is 2.63. The van der Waals surface area contributed by atoms with Gasteiger partial charge in [-0.3, -0.25) is 14.5 Å². The van der Waals surface area contributed by atoms with Crippen LogP contribution in [0, 0.1) is 19.7 Å². The lowest BCUT2D eigenvalue weighted by Gasteiger charge is -2.40. The molecule has 1 aliphatic heterocycles. The molecule has 0 saturated carbocycles. The minimum absolute atomic E-state index is 0.0359. The van der Waals surface area contributed by atoms with Crippen molar-refractivity contribution in [3.05, 3.63) is 77.1 Å². The maximum absolute atomic E-state index is 14.4. The number of nitrogens with zero attached hydrogens (tertiary/aromatic N) is 2. The van der Waals surface area contributed by atoms with Gasteiger partial charge in [-0.1, -0.05) is 18.7 Å². The van der Waals surface area contributed by atoms with Gasteiger partial charge in [0.25, 0.3) is 5.91 Å². The summed E-state index contributed by atoms with van der Waals surface area (Å²) >= 11 is 0. The third-order valence-electron chi connectivity index (χ3n) is 6.11. The fourth-order valence-corrected chi connectivity index (χ4v) is 4.16. The number of rotatable bonds is 7. The number of nitrogens with one attached hydrogen (secondary N) is 1. The van der Waals surface area contributed by atoms with E-state index in [1.54, 1.807) is 32.2 Å². The minimum Gasteiger partial charge on any atom is -0.484 e. The van der Waals surface area contributed by atoms with E-state index in [0.717, 1.165) is 11.1 Å². The molecule has 0 spiro atoms. The molecular formula is C26H32FN3O3. The van der Waals surface area contributed by atoms with Crippen LogP contribution in [0.25, 0.3) is 0 Å². The maximum atomic E-state index is 14.4. The number of hydrogen-bond donors (Lipinski definition) is 1. The summed E-state index contributed by atoms with van der Waals surface area (Å²) in [6, 6.07) is 10.5. The lowest BCUT2D eigenvalue weighted by molar-refractivity contribution is -0.130. The Morgan fingerprint density at radius 3 is 2.58 bits per heavy atom. The van der Waals surface area contributed by atoms with Crippen LogP contribution in [0.5, 0.6) is 5.75 Å². The number of halogens is 1. The summed E-state index contributed by atoms with van der Waals surface area (Å²) in [5.41, 5.74) is 2.70. The average Bonchev–Trinajstić information content (AvgIpc) is 2.79. The van der Waals surface area contributed by atoms with Crippen molar-refractivity contribution < 1.29 is 18.7 Å². The number of carbonyl (C=O) groups is 2. The summed E-state index contributed by atoms with van der Waals surface area (Å²) in [7, 11) is 1.59. The molecule has 2 atom stereocenters. The van der Waals surface area contributed by atoms with Crippen molar-refractivity contribution in [2.24, 2.45) is 0 Å². The van der Waals surface area contributed by atoms with Crippen molar-refractivity contribution in [1.82, 2.24) is 15.1 Å². The van der Waals surface area contributed by atoms with Crippen molar-refractivity contribution in [2.45, 2.75) is 32.9 Å². The summed E-state index contributed by atoms with van der Waals surface area (Å²) < 4.78 is 20.7. The van der Waals surface area contributed by atoms with Crippen LogP contribution in [0.4, 0.5) is 4.39 Å². The standard InChI is InChI=1S/C26H32FN3O3/c1-6-25(31)30-12-11-29(15-19(30)4)16-24(20-8-7-17(2)23(27)14-20)33-21-9-10-22(18(3)13-21)26(32)28-5/h6-10,13-14,19,24H,1,11-12,15-16H2,2-5H3,(H,28,32)/t19-,24+/m1/s1. The highest BCUT2D eigenvalue weighted by Crippen LogP contribution is 2.27. The molecule has 2 aromatic carbocycles. The van der Waals surface area contributed by atoms with E-state index in [9.17, 15) is 14.0 Å². The number of amides is 2. The first-order valence-electron chi connectivity index (χ1n) is 11.1. The Hall–Kier alpha value is -3.19. The summed E-state index contributed by atoms with van der Waals surface area (Å²) in [5.74, 6) is 0.112. The molecule has 2 amide bonds. The second kappa shape index (κ2) is 10.6. The van der Waals surface area contributed by atoms with Gasteiger partial charge in [-0.05, 0) is 67.8 Å². The number of hydrogen-bond acceptors (Lipinski definition) is 4. The van der Waals surface area contributed by atoms with E-state index in [2.05, 4.69) is 16.8 Å². The third-order valence-corrected chi connectivity index (χ3v) is 6.11. The van der Waals surface area contributed by atoms with Crippen molar-refractivity contribution in [1.29, 1.82) is 0 Å². The number of piperazine rings is 1. The van der Waals surface area contributed by atoms with Gasteiger partial charge in [-0.2, -0.15) is 0 Å². The average molecular weight is 454 g/mol. The van der Waals surface area contributed by atoms with E-state index in [1.807, 2.05) is 30.9 Å². The topological polar surface area (TPSA) is 61.9 Å². The Morgan fingerprint density at radius 1 is 1.21 bits per heavy atom. The van der Waals surface area contributed by atoms with Crippen LogP contribution in [0.1, 0.15) is 40.1 Å². The van der Waals surface area contributed by atoms with E-state index in [1.165, 1.54) is 12.1 Å². The summed E-state index contributed by atoms with van der Waals surface area (Å²) in [6.07, 6.45) is 0.928. The minimum atomic E-state index is -0.417. The highest BCUT2D eigenvalue weighted by molar-refractivity contribution is 5.95. The molecule has 0 aromatic heterocycles. The predicted molar refractivity (Wildman–Crippen MR) is 127 cm³/mol. The van der Waals surface area contributed by atoms with Crippen molar-refractivity contribution >= 4 is 11.8 Å². The zero-order valence-corrected chi connectivity index (χ0v) is 19.7. The maximum Gasteiger partial charge on any atom is 0.251 e. The van der Waals surface area contributed by atoms with Gasteiger partial charge in [-0.25, -0.2) is 4.39 Å². The highest BCUT2D eigenvalue weighted by Gasteiger charge is 2.28. The molecule has 0 aliphatic carbocycles. The lowest BCUT2D eigenvalue weighted by Crippen LogP contribution is -2.54. The Bertz CT molecular complexity index is 1040. The fraction of sp³-hybridized carbons (Fsp3) is 0.385. The molecule has 1 fully saturated rings. The van der Waals surface area contributed by atoms with Crippen LogP contribution < -0.4 is 10.1 Å². The number of aryl methyl sites for hydroxylation is 2. The van der Waals surface area contributed by atoms with Crippen LogP contribution in [0.3, 0.4) is 0 Å². The highest BCUT2D eigenvalue weighted by atomic mass is 19.1. The van der Waals surface area contributed by atoms with E-state index in [4.69, 9.17) is 4.74 Å². The lowest BCUT2D eigenvalue weighted by atomic mass is 10.0. The van der Waals surface area contributed by atoms with Crippen LogP contribution in [-0.4, -0.2) is 60.9 Å². The predicted octanol–water partition coefficient (Wildman–Crippen LogP) is 3.64. The molecule has 1 aliphatic rings. The number of benzene rings is 2. The molecule has 2 aromatic rings. The van der Waals surface area contributed by atoms with Crippen molar-refractivity contribution in [3.8, 4) is 5.75 Å². The molecule has 0 unspecified atom stereocenters. The third kappa shape index (κ3) is 5.79. The van der Waals surface area contributed by atoms with Crippen LogP contribution in [-0.2, 0) is 4.79 Å². The molecular weight excluding hydrogens is 421 g/mol. The van der Waals surface area contributed by atoms with E-state index >= 15 is 0 Å². The molecule has 3 rings (SSSR count). The van der Waals surface area contributed by atoms with Gasteiger partial charge in [0.05, 0.1) is 0 Å². The van der Waals surface area contributed by atoms with E-state index < -0.39 is 6.10 Å². The van der Waals surface area contributed by atoms with Crippen molar-refractivity contribution in [2.75, 3.05) is 33.2 Å². The molecule has 176 valence electrons. The second-order valence-electron chi connectivity index (χ2n) is 8.52. The zero-order chi connectivity index (χ0) is 24.1. The monoisotopic (exact) mass is 453 g/mol. The van der Waals surface area contributed by atoms with Gasteiger partial charge in [0.15, 0.2) is 0 Å². The van der Waals surface area contributed by atoms with Gasteiger partial charge in [0.2, 0.25) is 5.91 Å². The summed E-state index contributed by atoms with van der Waals surface area (Å²) in [4.78, 5) is 28.1. The SMILES string of the molecule is C=CC(=O)N1CCN(C[C@H](Oc2ccc(C(=O)NC)c(C)c2)c2ccc(C)c(F)c2)C[C@H]1C. The van der Waals surface area contributed by atoms with Crippen LogP contribution in [0.2, 0.25) is 0 Å². The second-order valence-corrected chi connectivity index (χ2v) is 8.52. The molecule has 1 N–H and O–H groups in total. The zero-order valence-electron chi connectivity index (χ0n) is 19.7. The molecule has 0 radical (unpaired) electrons. The summed E-state index contributed by atoms with van der Waals surface area (Å²) in [6.45, 7) is 11.7. The number of carbonyl (C=O) groups excluding carboxylic acids is 2. The van der Waals surface area contributed by atoms with Crippen molar-refractivity contribution in [3.63, 3.8) is 0 Å². The largest absolute Gasteiger partial charge is 0.484 e. The van der Waals surface area contributed by atoms with Gasteiger partial charge < -0.3 is 15.0 Å². The molecule has 6 nitrogen and oxygen atoms in total. The first-order valence-corrected chi connectivity index (χ1v) is 11.1. The van der Waals surface area contributed by atoms with Gasteiger partial charge in [-0.15, -0.1) is 0 Å². The Labute approximate surface area is 195 Å². The molecule has 7 heteroatoms. The fourth-order valence-electron chi connectivity index (χ4n) is 4.16. The Kier molecular flexibility index (Phi) is 7.87. The molecule has 0 bridgehead atoms. The normalized spacial score (nSPS) is 17.4. The van der Waals surface area contributed by atoms with Gasteiger partial charge in [0.1, 0.15) is 17.7 Å². The first kappa shape index (κ1) is 24.5. The quantitative estimate of drug-likeness (QED) is 0.651. The van der Waals surface area contributed by atoms with Crippen LogP contribution >= 0.6 is 0 Å². The molecule has 1 saturated heterocycles. The smallest absolute Gasteiger partial charge is 0.251 e. The van der Waals surface area contributed by atoms with E-state index in [0.29, 0.717) is 43.1 Å². The van der Waals surface area contributed by atoms with Gasteiger partial charge >= 0.3 is 0 Å². The van der Waals surface area contributed by atoms with E-state index in [-0.39, 0.29) is 23.7 Å². The number of ether oxygens (including phenoxy) is 1.